The molecule has 1 rings (SSSR count). The van der Waals surface area contributed by atoms with Gasteiger partial charge in [-0.25, -0.2) is 13.1 Å². The molecule has 1 N–H and O–H groups in total. The zero-order valence-electron chi connectivity index (χ0n) is 11.6. The van der Waals surface area contributed by atoms with Crippen LogP contribution >= 0.6 is 0 Å². The molecule has 5 heteroatoms. The van der Waals surface area contributed by atoms with Crippen LogP contribution < -0.4 is 4.72 Å². The van der Waals surface area contributed by atoms with E-state index in [1.807, 2.05) is 20.8 Å². The molecule has 0 aliphatic heterocycles. The van der Waals surface area contributed by atoms with E-state index in [0.717, 1.165) is 6.42 Å². The molecule has 0 unspecified atom stereocenters. The van der Waals surface area contributed by atoms with Crippen LogP contribution in [-0.4, -0.2) is 20.7 Å². The first-order valence-corrected chi connectivity index (χ1v) is 7.98. The summed E-state index contributed by atoms with van der Waals surface area (Å²) in [7, 11) is -3.45. The maximum atomic E-state index is 11.9. The number of hydrogen-bond donors (Lipinski definition) is 1. The molecule has 0 radical (unpaired) electrons. The zero-order chi connectivity index (χ0) is 14.5. The van der Waals surface area contributed by atoms with E-state index in [0.29, 0.717) is 24.4 Å². The smallest absolute Gasteiger partial charge is 0.240 e. The second kappa shape index (κ2) is 6.82. The summed E-state index contributed by atoms with van der Waals surface area (Å²) in [5.41, 5.74) is 0.558. The minimum atomic E-state index is -3.45. The fraction of sp³-hybridized carbons (Fsp3) is 0.500. The van der Waals surface area contributed by atoms with Gasteiger partial charge in [-0.3, -0.25) is 4.79 Å². The van der Waals surface area contributed by atoms with Gasteiger partial charge in [0.2, 0.25) is 10.0 Å². The van der Waals surface area contributed by atoms with E-state index in [2.05, 4.69) is 4.72 Å². The number of carbonyl (C=O) groups is 1. The molecule has 1 aromatic rings. The first kappa shape index (κ1) is 15.9. The Hall–Kier alpha value is -1.20. The Morgan fingerprint density at radius 3 is 2.26 bits per heavy atom. The summed E-state index contributed by atoms with van der Waals surface area (Å²) in [4.78, 5) is 12.0. The van der Waals surface area contributed by atoms with Crippen LogP contribution in [0.5, 0.6) is 0 Å². The molecular weight excluding hydrogens is 262 g/mol. The van der Waals surface area contributed by atoms with Gasteiger partial charge in [0.25, 0.3) is 0 Å². The largest absolute Gasteiger partial charge is 0.294 e. The van der Waals surface area contributed by atoms with Crippen molar-refractivity contribution in [3.05, 3.63) is 29.8 Å². The Balaban J connectivity index is 2.84. The van der Waals surface area contributed by atoms with Crippen LogP contribution in [0, 0.1) is 5.92 Å². The van der Waals surface area contributed by atoms with E-state index in [-0.39, 0.29) is 10.7 Å². The van der Waals surface area contributed by atoms with Crippen molar-refractivity contribution in [3.8, 4) is 0 Å². The third-order valence-corrected chi connectivity index (χ3v) is 4.10. The van der Waals surface area contributed by atoms with Gasteiger partial charge in [-0.1, -0.05) is 32.9 Å². The van der Waals surface area contributed by atoms with Crippen LogP contribution in [0.4, 0.5) is 0 Å². The van der Waals surface area contributed by atoms with Crippen LogP contribution in [0.15, 0.2) is 29.2 Å². The van der Waals surface area contributed by atoms with Gasteiger partial charge in [0.1, 0.15) is 0 Å². The number of benzene rings is 1. The van der Waals surface area contributed by atoms with Crippen molar-refractivity contribution < 1.29 is 13.2 Å². The van der Waals surface area contributed by atoms with Crippen molar-refractivity contribution in [3.63, 3.8) is 0 Å². The Morgan fingerprint density at radius 1 is 1.21 bits per heavy atom. The van der Waals surface area contributed by atoms with Crippen molar-refractivity contribution in [2.24, 2.45) is 5.92 Å². The lowest BCUT2D eigenvalue weighted by Gasteiger charge is -2.07. The van der Waals surface area contributed by atoms with Crippen LogP contribution in [0.25, 0.3) is 0 Å². The molecule has 0 aliphatic rings. The standard InChI is InChI=1S/C14H21NO3S/c1-4-9-15-19(17,18)13-7-5-12(6-8-13)14(16)10-11(2)3/h5-8,11,15H,4,9-10H2,1-3H3. The van der Waals surface area contributed by atoms with E-state index >= 15 is 0 Å². The van der Waals surface area contributed by atoms with E-state index in [9.17, 15) is 13.2 Å². The molecule has 1 aromatic carbocycles. The zero-order valence-corrected chi connectivity index (χ0v) is 12.5. The minimum absolute atomic E-state index is 0.0421. The summed E-state index contributed by atoms with van der Waals surface area (Å²) in [6.45, 7) is 6.27. The highest BCUT2D eigenvalue weighted by atomic mass is 32.2. The second-order valence-electron chi connectivity index (χ2n) is 4.94. The molecule has 0 saturated heterocycles. The number of sulfonamides is 1. The summed E-state index contributed by atoms with van der Waals surface area (Å²) in [6.07, 6.45) is 1.21. The summed E-state index contributed by atoms with van der Waals surface area (Å²) >= 11 is 0. The highest BCUT2D eigenvalue weighted by molar-refractivity contribution is 7.89. The Labute approximate surface area is 115 Å². The first-order chi connectivity index (χ1) is 8.86. The first-order valence-electron chi connectivity index (χ1n) is 6.49. The number of carbonyl (C=O) groups excluding carboxylic acids is 1. The molecule has 106 valence electrons. The fourth-order valence-corrected chi connectivity index (χ4v) is 2.76. The summed E-state index contributed by atoms with van der Waals surface area (Å²) < 4.78 is 26.2. The number of nitrogens with one attached hydrogen (secondary N) is 1. The van der Waals surface area contributed by atoms with Gasteiger partial charge in [0.15, 0.2) is 5.78 Å². The maximum absolute atomic E-state index is 11.9. The minimum Gasteiger partial charge on any atom is -0.294 e. The maximum Gasteiger partial charge on any atom is 0.240 e. The number of ketones is 1. The Morgan fingerprint density at radius 2 is 1.79 bits per heavy atom. The van der Waals surface area contributed by atoms with Gasteiger partial charge in [0, 0.05) is 18.5 Å². The predicted molar refractivity (Wildman–Crippen MR) is 75.7 cm³/mol. The van der Waals surface area contributed by atoms with Crippen molar-refractivity contribution in [2.45, 2.75) is 38.5 Å². The lowest BCUT2D eigenvalue weighted by molar-refractivity contribution is 0.0967. The number of rotatable bonds is 7. The molecule has 4 nitrogen and oxygen atoms in total. The van der Waals surface area contributed by atoms with Gasteiger partial charge in [-0.2, -0.15) is 0 Å². The monoisotopic (exact) mass is 283 g/mol. The molecule has 0 aliphatic carbocycles. The third-order valence-electron chi connectivity index (χ3n) is 2.62. The average molecular weight is 283 g/mol. The van der Waals surface area contributed by atoms with Crippen molar-refractivity contribution >= 4 is 15.8 Å². The molecule has 0 aromatic heterocycles. The van der Waals surface area contributed by atoms with E-state index in [1.54, 1.807) is 12.1 Å². The molecule has 0 fully saturated rings. The number of hydrogen-bond acceptors (Lipinski definition) is 3. The van der Waals surface area contributed by atoms with E-state index in [1.165, 1.54) is 12.1 Å². The lowest BCUT2D eigenvalue weighted by atomic mass is 10.0. The van der Waals surface area contributed by atoms with Crippen LogP contribution in [-0.2, 0) is 10.0 Å². The lowest BCUT2D eigenvalue weighted by Crippen LogP contribution is -2.24. The highest BCUT2D eigenvalue weighted by Gasteiger charge is 2.14. The van der Waals surface area contributed by atoms with Gasteiger partial charge in [-0.05, 0) is 24.5 Å². The normalized spacial score (nSPS) is 11.8. The molecule has 0 amide bonds. The second-order valence-corrected chi connectivity index (χ2v) is 6.71. The van der Waals surface area contributed by atoms with Crippen LogP contribution in [0.3, 0.4) is 0 Å². The molecular formula is C14H21NO3S. The molecule has 0 heterocycles. The van der Waals surface area contributed by atoms with Gasteiger partial charge in [0.05, 0.1) is 4.90 Å². The average Bonchev–Trinajstić information content (AvgIpc) is 2.36. The van der Waals surface area contributed by atoms with Crippen molar-refractivity contribution in [2.75, 3.05) is 6.54 Å². The topological polar surface area (TPSA) is 63.2 Å². The third kappa shape index (κ3) is 4.76. The predicted octanol–water partition coefficient (Wildman–Crippen LogP) is 2.60. The number of Topliss-reactive ketones (excluding diaryl/α,β-unsaturated/α-hetero) is 1. The molecule has 0 spiro atoms. The molecule has 19 heavy (non-hydrogen) atoms. The summed E-state index contributed by atoms with van der Waals surface area (Å²) in [5.74, 6) is 0.336. The Bertz CT molecular complexity index is 518. The van der Waals surface area contributed by atoms with Crippen molar-refractivity contribution in [1.29, 1.82) is 0 Å². The van der Waals surface area contributed by atoms with E-state index < -0.39 is 10.0 Å². The van der Waals surface area contributed by atoms with E-state index in [4.69, 9.17) is 0 Å². The summed E-state index contributed by atoms with van der Waals surface area (Å²) in [5, 5.41) is 0. The quantitative estimate of drug-likeness (QED) is 0.782. The molecule has 0 atom stereocenters. The van der Waals surface area contributed by atoms with Crippen molar-refractivity contribution in [1.82, 2.24) is 4.72 Å². The molecule has 0 bridgehead atoms. The molecule has 0 saturated carbocycles. The SMILES string of the molecule is CCCNS(=O)(=O)c1ccc(C(=O)CC(C)C)cc1. The van der Waals surface area contributed by atoms with Crippen LogP contribution in [0.1, 0.15) is 44.0 Å². The van der Waals surface area contributed by atoms with Crippen LogP contribution in [0.2, 0.25) is 0 Å². The van der Waals surface area contributed by atoms with Gasteiger partial charge in [-0.15, -0.1) is 0 Å². The van der Waals surface area contributed by atoms with Gasteiger partial charge >= 0.3 is 0 Å². The Kier molecular flexibility index (Phi) is 5.69. The highest BCUT2D eigenvalue weighted by Crippen LogP contribution is 2.14. The van der Waals surface area contributed by atoms with Gasteiger partial charge < -0.3 is 0 Å². The summed E-state index contributed by atoms with van der Waals surface area (Å²) in [6, 6.07) is 6.10. The fourth-order valence-electron chi connectivity index (χ4n) is 1.63.